The van der Waals surface area contributed by atoms with Gasteiger partial charge in [-0.1, -0.05) is 0 Å². The normalized spacial score (nSPS) is 29.3. The summed E-state index contributed by atoms with van der Waals surface area (Å²) in [6.45, 7) is 4.19. The number of ether oxygens (including phenoxy) is 1. The Hall–Kier alpha value is -0.610. The molecule has 1 unspecified atom stereocenters. The minimum Gasteiger partial charge on any atom is -0.378 e. The minimum absolute atomic E-state index is 0.309. The number of likely N-dealkylation sites (tertiary alicyclic amines) is 1. The molecule has 0 aromatic carbocycles. The van der Waals surface area contributed by atoms with Crippen molar-refractivity contribution in [2.24, 2.45) is 0 Å². The van der Waals surface area contributed by atoms with Gasteiger partial charge >= 0.3 is 0 Å². The molecule has 2 aliphatic rings. The molecule has 0 aliphatic carbocycles. The fourth-order valence-electron chi connectivity index (χ4n) is 2.06. The molecule has 0 aromatic heterocycles. The Kier molecular flexibility index (Phi) is 3.37. The van der Waals surface area contributed by atoms with Crippen LogP contribution in [0.5, 0.6) is 0 Å². The molecule has 4 nitrogen and oxygen atoms in total. The van der Waals surface area contributed by atoms with Crippen molar-refractivity contribution in [3.63, 3.8) is 0 Å². The van der Waals surface area contributed by atoms with Crippen LogP contribution < -0.4 is 5.32 Å². The second-order valence-electron chi connectivity index (χ2n) is 4.02. The summed E-state index contributed by atoms with van der Waals surface area (Å²) in [5, 5.41) is 3.37. The van der Waals surface area contributed by atoms with Crippen molar-refractivity contribution < 1.29 is 9.53 Å². The number of hydrogen-bond donors (Lipinski definition) is 1. The number of amides is 1. The number of hydrogen-bond acceptors (Lipinski definition) is 3. The van der Waals surface area contributed by atoms with Crippen molar-refractivity contribution in [1.29, 1.82) is 0 Å². The van der Waals surface area contributed by atoms with Gasteiger partial charge < -0.3 is 15.0 Å². The molecule has 2 aliphatic heterocycles. The SMILES string of the molecule is O=C1CCCCN1CC1COCCN1. The van der Waals surface area contributed by atoms with Crippen molar-refractivity contribution in [3.05, 3.63) is 0 Å². The molecule has 0 radical (unpaired) electrons. The van der Waals surface area contributed by atoms with Gasteiger partial charge in [-0.25, -0.2) is 0 Å². The Morgan fingerprint density at radius 1 is 1.50 bits per heavy atom. The van der Waals surface area contributed by atoms with Crippen LogP contribution in [0.25, 0.3) is 0 Å². The maximum absolute atomic E-state index is 11.5. The number of morpholine rings is 1. The first-order chi connectivity index (χ1) is 6.86. The topological polar surface area (TPSA) is 41.6 Å². The summed E-state index contributed by atoms with van der Waals surface area (Å²) in [7, 11) is 0. The van der Waals surface area contributed by atoms with E-state index in [1.54, 1.807) is 0 Å². The van der Waals surface area contributed by atoms with E-state index in [9.17, 15) is 4.79 Å². The molecule has 0 bridgehead atoms. The van der Waals surface area contributed by atoms with Crippen molar-refractivity contribution in [1.82, 2.24) is 10.2 Å². The molecule has 1 N–H and O–H groups in total. The number of nitrogens with zero attached hydrogens (tertiary/aromatic N) is 1. The van der Waals surface area contributed by atoms with Crippen LogP contribution in [0.1, 0.15) is 19.3 Å². The zero-order valence-electron chi connectivity index (χ0n) is 8.50. The third kappa shape index (κ3) is 2.45. The van der Waals surface area contributed by atoms with E-state index in [4.69, 9.17) is 4.74 Å². The third-order valence-electron chi connectivity index (χ3n) is 2.86. The zero-order valence-corrected chi connectivity index (χ0v) is 8.50. The van der Waals surface area contributed by atoms with Crippen LogP contribution in [0, 0.1) is 0 Å². The second-order valence-corrected chi connectivity index (χ2v) is 4.02. The molecule has 2 heterocycles. The lowest BCUT2D eigenvalue weighted by Gasteiger charge is -2.32. The highest BCUT2D eigenvalue weighted by Crippen LogP contribution is 2.11. The van der Waals surface area contributed by atoms with Gasteiger partial charge in [0.1, 0.15) is 0 Å². The molecule has 0 spiro atoms. The Morgan fingerprint density at radius 3 is 3.14 bits per heavy atom. The fraction of sp³-hybridized carbons (Fsp3) is 0.900. The van der Waals surface area contributed by atoms with E-state index in [1.165, 1.54) is 0 Å². The number of rotatable bonds is 2. The van der Waals surface area contributed by atoms with Gasteiger partial charge in [0.2, 0.25) is 5.91 Å². The molecular formula is C10H18N2O2. The maximum Gasteiger partial charge on any atom is 0.222 e. The Morgan fingerprint density at radius 2 is 2.43 bits per heavy atom. The lowest BCUT2D eigenvalue weighted by atomic mass is 10.1. The number of carbonyl (C=O) groups excluding carboxylic acids is 1. The molecule has 2 rings (SSSR count). The summed E-state index contributed by atoms with van der Waals surface area (Å²) in [6.07, 6.45) is 2.94. The Labute approximate surface area is 84.6 Å². The van der Waals surface area contributed by atoms with E-state index in [2.05, 4.69) is 5.32 Å². The van der Waals surface area contributed by atoms with Gasteiger partial charge in [-0.15, -0.1) is 0 Å². The van der Waals surface area contributed by atoms with Crippen molar-refractivity contribution in [2.45, 2.75) is 25.3 Å². The molecule has 4 heteroatoms. The minimum atomic E-state index is 0.309. The van der Waals surface area contributed by atoms with Crippen LogP contribution in [0.15, 0.2) is 0 Å². The summed E-state index contributed by atoms with van der Waals surface area (Å²) in [6, 6.07) is 0.339. The van der Waals surface area contributed by atoms with E-state index in [-0.39, 0.29) is 0 Å². The van der Waals surface area contributed by atoms with Crippen molar-refractivity contribution in [3.8, 4) is 0 Å². The fourth-order valence-corrected chi connectivity index (χ4v) is 2.06. The standard InChI is InChI=1S/C10H18N2O2/c13-10-3-1-2-5-12(10)7-9-8-14-6-4-11-9/h9,11H,1-8H2. The molecule has 1 amide bonds. The highest BCUT2D eigenvalue weighted by molar-refractivity contribution is 5.76. The highest BCUT2D eigenvalue weighted by Gasteiger charge is 2.22. The molecule has 1 atom stereocenters. The molecule has 0 saturated carbocycles. The largest absolute Gasteiger partial charge is 0.378 e. The Bertz CT molecular complexity index is 202. The van der Waals surface area contributed by atoms with Crippen LogP contribution in [0.2, 0.25) is 0 Å². The van der Waals surface area contributed by atoms with Crippen LogP contribution in [0.4, 0.5) is 0 Å². The van der Waals surface area contributed by atoms with E-state index < -0.39 is 0 Å². The quantitative estimate of drug-likeness (QED) is 0.678. The first kappa shape index (κ1) is 9.93. The van der Waals surface area contributed by atoms with E-state index in [1.807, 2.05) is 4.90 Å². The van der Waals surface area contributed by atoms with Crippen molar-refractivity contribution >= 4 is 5.91 Å². The zero-order chi connectivity index (χ0) is 9.80. The number of nitrogens with one attached hydrogen (secondary N) is 1. The first-order valence-corrected chi connectivity index (χ1v) is 5.45. The predicted octanol–water partition coefficient (Wildman–Crippen LogP) is -0.0127. The van der Waals surface area contributed by atoms with Gasteiger partial charge in [-0.2, -0.15) is 0 Å². The molecule has 0 aromatic rings. The lowest BCUT2D eigenvalue weighted by Crippen LogP contribution is -2.50. The van der Waals surface area contributed by atoms with E-state index in [0.29, 0.717) is 11.9 Å². The molecular weight excluding hydrogens is 180 g/mol. The summed E-state index contributed by atoms with van der Waals surface area (Å²) in [5.41, 5.74) is 0. The molecule has 2 fully saturated rings. The molecule has 2 saturated heterocycles. The van der Waals surface area contributed by atoms with Gasteiger partial charge in [0.25, 0.3) is 0 Å². The summed E-state index contributed by atoms with van der Waals surface area (Å²) >= 11 is 0. The second kappa shape index (κ2) is 4.75. The maximum atomic E-state index is 11.5. The van der Waals surface area contributed by atoms with Crippen LogP contribution in [-0.4, -0.2) is 49.7 Å². The van der Waals surface area contributed by atoms with Gasteiger partial charge in [-0.05, 0) is 12.8 Å². The number of piperidine rings is 1. The predicted molar refractivity (Wildman–Crippen MR) is 53.0 cm³/mol. The smallest absolute Gasteiger partial charge is 0.222 e. The highest BCUT2D eigenvalue weighted by atomic mass is 16.5. The summed E-state index contributed by atoms with van der Waals surface area (Å²) < 4.78 is 5.36. The number of carbonyl (C=O) groups is 1. The Balaban J connectivity index is 1.79. The summed E-state index contributed by atoms with van der Waals surface area (Å²) in [5.74, 6) is 0.309. The third-order valence-corrected chi connectivity index (χ3v) is 2.86. The van der Waals surface area contributed by atoms with E-state index in [0.717, 1.165) is 52.1 Å². The van der Waals surface area contributed by atoms with Gasteiger partial charge in [0.05, 0.1) is 13.2 Å². The average molecular weight is 198 g/mol. The van der Waals surface area contributed by atoms with E-state index >= 15 is 0 Å². The van der Waals surface area contributed by atoms with Crippen LogP contribution in [-0.2, 0) is 9.53 Å². The van der Waals surface area contributed by atoms with Gasteiger partial charge in [-0.3, -0.25) is 4.79 Å². The van der Waals surface area contributed by atoms with Crippen LogP contribution in [0.3, 0.4) is 0 Å². The molecule has 80 valence electrons. The van der Waals surface area contributed by atoms with Gasteiger partial charge in [0.15, 0.2) is 0 Å². The monoisotopic (exact) mass is 198 g/mol. The average Bonchev–Trinajstić information content (AvgIpc) is 2.23. The first-order valence-electron chi connectivity index (χ1n) is 5.45. The molecule has 14 heavy (non-hydrogen) atoms. The lowest BCUT2D eigenvalue weighted by molar-refractivity contribution is -0.134. The summed E-state index contributed by atoms with van der Waals surface area (Å²) in [4.78, 5) is 13.5. The van der Waals surface area contributed by atoms with Gasteiger partial charge in [0, 0.05) is 32.1 Å². The van der Waals surface area contributed by atoms with Crippen molar-refractivity contribution in [2.75, 3.05) is 32.8 Å². The van der Waals surface area contributed by atoms with Crippen LogP contribution >= 0.6 is 0 Å².